The predicted molar refractivity (Wildman–Crippen MR) is 149 cm³/mol. The Bertz CT molecular complexity index is 1090. The van der Waals surface area contributed by atoms with Gasteiger partial charge < -0.3 is 34.7 Å². The number of amides is 2. The number of hydrogen-bond donors (Lipinski definition) is 3. The first kappa shape index (κ1) is 33.1. The van der Waals surface area contributed by atoms with E-state index < -0.39 is 41.9 Å². The van der Waals surface area contributed by atoms with Crippen LogP contribution in [0.2, 0.25) is 0 Å². The molecule has 0 unspecified atom stereocenters. The molecular weight excluding hydrogens is 532 g/mol. The van der Waals surface area contributed by atoms with E-state index in [1.165, 1.54) is 0 Å². The van der Waals surface area contributed by atoms with Crippen molar-refractivity contribution in [1.82, 2.24) is 10.6 Å². The van der Waals surface area contributed by atoms with Gasteiger partial charge in [-0.1, -0.05) is 60.7 Å². The molecule has 224 valence electrons. The maximum absolute atomic E-state index is 12.3. The van der Waals surface area contributed by atoms with Crippen molar-refractivity contribution in [3.8, 4) is 0 Å². The maximum atomic E-state index is 12.3. The van der Waals surface area contributed by atoms with E-state index in [-0.39, 0.29) is 39.2 Å². The third-order valence-corrected chi connectivity index (χ3v) is 5.45. The van der Waals surface area contributed by atoms with Crippen molar-refractivity contribution in [2.24, 2.45) is 0 Å². The molecule has 2 aromatic rings. The summed E-state index contributed by atoms with van der Waals surface area (Å²) in [7, 11) is 0. The summed E-state index contributed by atoms with van der Waals surface area (Å²) in [6.45, 7) is 5.21. The zero-order valence-corrected chi connectivity index (χ0v) is 23.8. The fourth-order valence-corrected chi connectivity index (χ4v) is 3.49. The van der Waals surface area contributed by atoms with Gasteiger partial charge in [0.15, 0.2) is 6.10 Å². The van der Waals surface area contributed by atoms with Gasteiger partial charge in [-0.25, -0.2) is 14.4 Å². The third kappa shape index (κ3) is 15.3. The third-order valence-electron chi connectivity index (χ3n) is 5.45. The normalized spacial score (nSPS) is 12.4. The summed E-state index contributed by atoms with van der Waals surface area (Å²) in [6.07, 6.45) is -1.90. The Morgan fingerprint density at radius 3 is 1.98 bits per heavy atom. The highest BCUT2D eigenvalue weighted by Gasteiger charge is 2.24. The highest BCUT2D eigenvalue weighted by atomic mass is 16.6. The molecule has 0 aliphatic rings. The van der Waals surface area contributed by atoms with E-state index in [0.717, 1.165) is 11.1 Å². The van der Waals surface area contributed by atoms with Crippen LogP contribution in [0.3, 0.4) is 0 Å². The highest BCUT2D eigenvalue weighted by Crippen LogP contribution is 2.10. The number of benzene rings is 2. The number of unbranched alkanes of at least 4 members (excludes halogenated alkanes) is 1. The molecule has 0 radical (unpaired) electrons. The molecule has 2 aromatic carbocycles. The summed E-state index contributed by atoms with van der Waals surface area (Å²) in [5.74, 6) is -1.28. The van der Waals surface area contributed by atoms with Crippen LogP contribution >= 0.6 is 0 Å². The maximum Gasteiger partial charge on any atom is 0.407 e. The standard InChI is InChI=1S/C30H40N2O9/c1-30(2,3)41-26(34)18-24(32-29(37)39-20-23-14-8-5-9-15-23)21-40-28(36)31-17-11-10-16-25(33)27(35)38-19-22-12-6-4-7-13-22/h4-9,12-15,24-25,33H,10-11,16-21H2,1-3H3,(H,31,36)(H,32,37)/t24-,25-/m0/s1. The fraction of sp³-hybridized carbons (Fsp3) is 0.467. The van der Waals surface area contributed by atoms with E-state index in [0.29, 0.717) is 12.8 Å². The van der Waals surface area contributed by atoms with Crippen molar-refractivity contribution in [3.63, 3.8) is 0 Å². The zero-order chi connectivity index (χ0) is 30.1. The quantitative estimate of drug-likeness (QED) is 0.163. The van der Waals surface area contributed by atoms with Crippen molar-refractivity contribution in [2.45, 2.75) is 77.4 Å². The van der Waals surface area contributed by atoms with Gasteiger partial charge in [0.1, 0.15) is 25.4 Å². The molecule has 0 aliphatic heterocycles. The molecule has 0 heterocycles. The molecular formula is C30H40N2O9. The number of carbonyl (C=O) groups is 4. The van der Waals surface area contributed by atoms with Gasteiger partial charge in [-0.15, -0.1) is 0 Å². The van der Waals surface area contributed by atoms with E-state index in [2.05, 4.69) is 10.6 Å². The topological polar surface area (TPSA) is 149 Å². The Hall–Kier alpha value is -4.12. The van der Waals surface area contributed by atoms with Gasteiger partial charge in [-0.05, 0) is 51.2 Å². The number of esters is 2. The first-order valence-corrected chi connectivity index (χ1v) is 13.5. The van der Waals surface area contributed by atoms with Gasteiger partial charge in [0.25, 0.3) is 0 Å². The van der Waals surface area contributed by atoms with Gasteiger partial charge in [0, 0.05) is 6.54 Å². The van der Waals surface area contributed by atoms with Crippen LogP contribution in [0.25, 0.3) is 0 Å². The molecule has 0 fully saturated rings. The van der Waals surface area contributed by atoms with Gasteiger partial charge in [-0.2, -0.15) is 0 Å². The molecule has 0 saturated heterocycles. The second-order valence-electron chi connectivity index (χ2n) is 10.3. The molecule has 2 amide bonds. The molecule has 3 N–H and O–H groups in total. The summed E-state index contributed by atoms with van der Waals surface area (Å²) < 4.78 is 20.8. The Morgan fingerprint density at radius 2 is 1.39 bits per heavy atom. The van der Waals surface area contributed by atoms with E-state index in [9.17, 15) is 24.3 Å². The minimum atomic E-state index is -1.26. The van der Waals surface area contributed by atoms with Gasteiger partial charge in [-0.3, -0.25) is 4.79 Å². The van der Waals surface area contributed by atoms with E-state index in [4.69, 9.17) is 18.9 Å². The molecule has 0 saturated carbocycles. The molecule has 41 heavy (non-hydrogen) atoms. The molecule has 0 bridgehead atoms. The second-order valence-corrected chi connectivity index (χ2v) is 10.3. The molecule has 11 heteroatoms. The SMILES string of the molecule is CC(C)(C)OC(=O)C[C@@H](COC(=O)NCCCC[C@H](O)C(=O)OCc1ccccc1)NC(=O)OCc1ccccc1. The Balaban J connectivity index is 1.70. The van der Waals surface area contributed by atoms with E-state index in [1.807, 2.05) is 48.5 Å². The average molecular weight is 573 g/mol. The van der Waals surface area contributed by atoms with Crippen LogP contribution in [0.1, 0.15) is 57.6 Å². The predicted octanol–water partition coefficient (Wildman–Crippen LogP) is 4.01. The average Bonchev–Trinajstić information content (AvgIpc) is 2.93. The number of alkyl carbamates (subject to hydrolysis) is 2. The Morgan fingerprint density at radius 1 is 0.805 bits per heavy atom. The monoisotopic (exact) mass is 572 g/mol. The number of rotatable bonds is 15. The zero-order valence-electron chi connectivity index (χ0n) is 23.8. The molecule has 2 atom stereocenters. The van der Waals surface area contributed by atoms with Crippen molar-refractivity contribution in [3.05, 3.63) is 71.8 Å². The number of nitrogens with one attached hydrogen (secondary N) is 2. The van der Waals surface area contributed by atoms with E-state index >= 15 is 0 Å². The lowest BCUT2D eigenvalue weighted by molar-refractivity contribution is -0.156. The number of carbonyl (C=O) groups excluding carboxylic acids is 4. The van der Waals surface area contributed by atoms with Crippen LogP contribution in [0.15, 0.2) is 60.7 Å². The molecule has 0 aliphatic carbocycles. The summed E-state index contributed by atoms with van der Waals surface area (Å²) in [5.41, 5.74) is 0.891. The van der Waals surface area contributed by atoms with Gasteiger partial charge in [0.2, 0.25) is 0 Å². The number of aliphatic hydroxyl groups excluding tert-OH is 1. The smallest absolute Gasteiger partial charge is 0.407 e. The van der Waals surface area contributed by atoms with Gasteiger partial charge in [0.05, 0.1) is 12.5 Å². The minimum absolute atomic E-state index is 0.0343. The Labute approximate surface area is 240 Å². The number of hydrogen-bond acceptors (Lipinski definition) is 9. The first-order chi connectivity index (χ1) is 19.5. The molecule has 0 spiro atoms. The van der Waals surface area contributed by atoms with Crippen LogP contribution in [0.4, 0.5) is 9.59 Å². The lowest BCUT2D eigenvalue weighted by Gasteiger charge is -2.22. The summed E-state index contributed by atoms with van der Waals surface area (Å²) in [4.78, 5) is 48.7. The fourth-order valence-electron chi connectivity index (χ4n) is 3.49. The lowest BCUT2D eigenvalue weighted by atomic mass is 10.1. The van der Waals surface area contributed by atoms with E-state index in [1.54, 1.807) is 32.9 Å². The largest absolute Gasteiger partial charge is 0.460 e. The number of aliphatic hydroxyl groups is 1. The van der Waals surface area contributed by atoms with Crippen molar-refractivity contribution < 1.29 is 43.2 Å². The van der Waals surface area contributed by atoms with Crippen LogP contribution in [-0.4, -0.2) is 60.1 Å². The van der Waals surface area contributed by atoms with Crippen LogP contribution < -0.4 is 10.6 Å². The Kier molecular flexibility index (Phi) is 14.2. The number of ether oxygens (including phenoxy) is 4. The molecule has 2 rings (SSSR count). The minimum Gasteiger partial charge on any atom is -0.460 e. The highest BCUT2D eigenvalue weighted by molar-refractivity contribution is 5.74. The van der Waals surface area contributed by atoms with Crippen LogP contribution in [0, 0.1) is 0 Å². The molecule has 0 aromatic heterocycles. The van der Waals surface area contributed by atoms with Gasteiger partial charge >= 0.3 is 24.1 Å². The van der Waals surface area contributed by atoms with Crippen molar-refractivity contribution >= 4 is 24.1 Å². The van der Waals surface area contributed by atoms with Crippen molar-refractivity contribution in [1.29, 1.82) is 0 Å². The van der Waals surface area contributed by atoms with Crippen molar-refractivity contribution in [2.75, 3.05) is 13.2 Å². The summed E-state index contributed by atoms with van der Waals surface area (Å²) in [6, 6.07) is 17.4. The summed E-state index contributed by atoms with van der Waals surface area (Å²) >= 11 is 0. The molecule has 11 nitrogen and oxygen atoms in total. The summed E-state index contributed by atoms with van der Waals surface area (Å²) in [5, 5.41) is 15.1. The van der Waals surface area contributed by atoms with Crippen LogP contribution in [0.5, 0.6) is 0 Å². The lowest BCUT2D eigenvalue weighted by Crippen LogP contribution is -2.42. The first-order valence-electron chi connectivity index (χ1n) is 13.5. The van der Waals surface area contributed by atoms with Crippen LogP contribution in [-0.2, 0) is 41.8 Å². The second kappa shape index (κ2) is 17.5.